The lowest BCUT2D eigenvalue weighted by molar-refractivity contribution is 0.384. The third-order valence-corrected chi connectivity index (χ3v) is 3.66. The van der Waals surface area contributed by atoms with Crippen LogP contribution in [0, 0.1) is 11.7 Å². The van der Waals surface area contributed by atoms with Crippen molar-refractivity contribution >= 4 is 0 Å². The van der Waals surface area contributed by atoms with Crippen LogP contribution in [0.25, 0.3) is 0 Å². The summed E-state index contributed by atoms with van der Waals surface area (Å²) in [7, 11) is 1.47. The van der Waals surface area contributed by atoms with Gasteiger partial charge in [-0.3, -0.25) is 0 Å². The monoisotopic (exact) mass is 237 g/mol. The van der Waals surface area contributed by atoms with Gasteiger partial charge in [-0.05, 0) is 49.3 Å². The number of halogens is 1. The molecule has 2 nitrogen and oxygen atoms in total. The lowest BCUT2D eigenvalue weighted by Crippen LogP contribution is -2.39. The summed E-state index contributed by atoms with van der Waals surface area (Å²) in [6.07, 6.45) is 3.98. The van der Waals surface area contributed by atoms with Gasteiger partial charge in [0.2, 0.25) is 0 Å². The highest BCUT2D eigenvalue weighted by Crippen LogP contribution is 2.35. The Morgan fingerprint density at radius 1 is 1.53 bits per heavy atom. The van der Waals surface area contributed by atoms with Crippen LogP contribution in [0.1, 0.15) is 31.7 Å². The SMILES string of the molecule is COc1ccc(CC2(N)CCC(C)C2)cc1F. The Hall–Kier alpha value is -1.09. The molecule has 0 bridgehead atoms. The molecule has 2 N–H and O–H groups in total. The zero-order valence-corrected chi connectivity index (χ0v) is 10.5. The molecular weight excluding hydrogens is 217 g/mol. The van der Waals surface area contributed by atoms with Gasteiger partial charge >= 0.3 is 0 Å². The van der Waals surface area contributed by atoms with Gasteiger partial charge in [0.1, 0.15) is 0 Å². The molecule has 0 radical (unpaired) electrons. The van der Waals surface area contributed by atoms with Crippen molar-refractivity contribution in [2.24, 2.45) is 11.7 Å². The first kappa shape index (κ1) is 12.4. The molecule has 1 aliphatic rings. The van der Waals surface area contributed by atoms with E-state index in [1.807, 2.05) is 6.07 Å². The molecule has 1 aromatic carbocycles. The third-order valence-electron chi connectivity index (χ3n) is 3.66. The molecule has 2 rings (SSSR count). The Morgan fingerprint density at radius 3 is 2.82 bits per heavy atom. The van der Waals surface area contributed by atoms with Gasteiger partial charge in [0.15, 0.2) is 11.6 Å². The maximum atomic E-state index is 13.6. The Balaban J connectivity index is 2.11. The zero-order valence-electron chi connectivity index (χ0n) is 10.5. The van der Waals surface area contributed by atoms with Gasteiger partial charge < -0.3 is 10.5 Å². The molecular formula is C14H20FNO. The number of hydrogen-bond acceptors (Lipinski definition) is 2. The van der Waals surface area contributed by atoms with E-state index in [9.17, 15) is 4.39 Å². The van der Waals surface area contributed by atoms with Gasteiger partial charge in [-0.1, -0.05) is 13.0 Å². The van der Waals surface area contributed by atoms with E-state index in [2.05, 4.69) is 6.92 Å². The first-order valence-corrected chi connectivity index (χ1v) is 6.14. The van der Waals surface area contributed by atoms with E-state index in [4.69, 9.17) is 10.5 Å². The van der Waals surface area contributed by atoms with E-state index in [-0.39, 0.29) is 11.4 Å². The summed E-state index contributed by atoms with van der Waals surface area (Å²) in [5, 5.41) is 0. The van der Waals surface area contributed by atoms with E-state index >= 15 is 0 Å². The molecule has 1 aliphatic carbocycles. The molecule has 2 unspecified atom stereocenters. The minimum atomic E-state index is -0.306. The molecule has 3 heteroatoms. The van der Waals surface area contributed by atoms with Crippen molar-refractivity contribution in [2.45, 2.75) is 38.1 Å². The van der Waals surface area contributed by atoms with E-state index in [1.165, 1.54) is 19.6 Å². The van der Waals surface area contributed by atoms with Gasteiger partial charge in [0.25, 0.3) is 0 Å². The topological polar surface area (TPSA) is 35.2 Å². The summed E-state index contributed by atoms with van der Waals surface area (Å²) in [6, 6.07) is 5.11. The average molecular weight is 237 g/mol. The smallest absolute Gasteiger partial charge is 0.165 e. The second-order valence-corrected chi connectivity index (χ2v) is 5.36. The molecule has 17 heavy (non-hydrogen) atoms. The van der Waals surface area contributed by atoms with Crippen LogP contribution in [0.4, 0.5) is 4.39 Å². The fourth-order valence-corrected chi connectivity index (χ4v) is 2.82. The maximum Gasteiger partial charge on any atom is 0.165 e. The maximum absolute atomic E-state index is 13.6. The molecule has 1 saturated carbocycles. The first-order chi connectivity index (χ1) is 8.02. The normalized spacial score (nSPS) is 28.4. The van der Waals surface area contributed by atoms with Crippen LogP contribution in [0.2, 0.25) is 0 Å². The number of ether oxygens (including phenoxy) is 1. The largest absolute Gasteiger partial charge is 0.494 e. The number of nitrogens with two attached hydrogens (primary N) is 1. The fraction of sp³-hybridized carbons (Fsp3) is 0.571. The van der Waals surface area contributed by atoms with E-state index in [0.717, 1.165) is 24.8 Å². The summed E-state index contributed by atoms with van der Waals surface area (Å²) >= 11 is 0. The second kappa shape index (κ2) is 4.65. The Bertz CT molecular complexity index is 407. The summed E-state index contributed by atoms with van der Waals surface area (Å²) in [6.45, 7) is 2.23. The molecule has 0 amide bonds. The van der Waals surface area contributed by atoms with Crippen molar-refractivity contribution in [1.29, 1.82) is 0 Å². The van der Waals surface area contributed by atoms with Crippen LogP contribution in [0.15, 0.2) is 18.2 Å². The van der Waals surface area contributed by atoms with E-state index < -0.39 is 0 Å². The summed E-state index contributed by atoms with van der Waals surface area (Å²) < 4.78 is 18.5. The standard InChI is InChI=1S/C14H20FNO/c1-10-5-6-14(16,8-10)9-11-3-4-13(17-2)12(15)7-11/h3-4,7,10H,5-6,8-9,16H2,1-2H3. The van der Waals surface area contributed by atoms with Crippen molar-refractivity contribution < 1.29 is 9.13 Å². The van der Waals surface area contributed by atoms with Crippen molar-refractivity contribution in [3.8, 4) is 5.75 Å². The first-order valence-electron chi connectivity index (χ1n) is 6.14. The molecule has 0 aromatic heterocycles. The molecule has 0 aliphatic heterocycles. The van der Waals surface area contributed by atoms with Crippen molar-refractivity contribution in [3.05, 3.63) is 29.6 Å². The summed E-state index contributed by atoms with van der Waals surface area (Å²) in [4.78, 5) is 0. The van der Waals surface area contributed by atoms with Crippen LogP contribution >= 0.6 is 0 Å². The second-order valence-electron chi connectivity index (χ2n) is 5.36. The van der Waals surface area contributed by atoms with Crippen LogP contribution < -0.4 is 10.5 Å². The van der Waals surface area contributed by atoms with Crippen LogP contribution in [0.3, 0.4) is 0 Å². The van der Waals surface area contributed by atoms with Crippen molar-refractivity contribution in [1.82, 2.24) is 0 Å². The van der Waals surface area contributed by atoms with Gasteiger partial charge in [-0.25, -0.2) is 4.39 Å². The third kappa shape index (κ3) is 2.78. The number of hydrogen-bond donors (Lipinski definition) is 1. The molecule has 0 saturated heterocycles. The van der Waals surface area contributed by atoms with Gasteiger partial charge in [0.05, 0.1) is 7.11 Å². The Labute approximate surface area is 102 Å². The molecule has 1 aromatic rings. The van der Waals surface area contributed by atoms with Crippen molar-refractivity contribution in [3.63, 3.8) is 0 Å². The highest BCUT2D eigenvalue weighted by atomic mass is 19.1. The molecule has 2 atom stereocenters. The lowest BCUT2D eigenvalue weighted by atomic mass is 9.89. The van der Waals surface area contributed by atoms with E-state index in [1.54, 1.807) is 6.07 Å². The Kier molecular flexibility index (Phi) is 3.38. The molecule has 1 fully saturated rings. The van der Waals surface area contributed by atoms with Crippen LogP contribution in [-0.2, 0) is 6.42 Å². The van der Waals surface area contributed by atoms with Crippen molar-refractivity contribution in [2.75, 3.05) is 7.11 Å². The van der Waals surface area contributed by atoms with Crippen LogP contribution in [-0.4, -0.2) is 12.6 Å². The van der Waals surface area contributed by atoms with Crippen LogP contribution in [0.5, 0.6) is 5.75 Å². The van der Waals surface area contributed by atoms with Gasteiger partial charge in [-0.15, -0.1) is 0 Å². The predicted octanol–water partition coefficient (Wildman–Crippen LogP) is 2.89. The number of rotatable bonds is 3. The number of benzene rings is 1. The minimum absolute atomic E-state index is 0.152. The Morgan fingerprint density at radius 2 is 2.29 bits per heavy atom. The zero-order chi connectivity index (χ0) is 12.5. The average Bonchev–Trinajstić information content (AvgIpc) is 2.58. The highest BCUT2D eigenvalue weighted by Gasteiger charge is 2.33. The highest BCUT2D eigenvalue weighted by molar-refractivity contribution is 5.30. The molecule has 0 heterocycles. The van der Waals surface area contributed by atoms with Gasteiger partial charge in [-0.2, -0.15) is 0 Å². The predicted molar refractivity (Wildman–Crippen MR) is 66.6 cm³/mol. The number of methoxy groups -OCH3 is 1. The summed E-state index contributed by atoms with van der Waals surface area (Å²) in [5.41, 5.74) is 7.15. The lowest BCUT2D eigenvalue weighted by Gasteiger charge is -2.24. The quantitative estimate of drug-likeness (QED) is 0.877. The minimum Gasteiger partial charge on any atom is -0.494 e. The summed E-state index contributed by atoms with van der Waals surface area (Å²) in [5.74, 6) is 0.669. The fourth-order valence-electron chi connectivity index (χ4n) is 2.82. The molecule has 0 spiro atoms. The van der Waals surface area contributed by atoms with Gasteiger partial charge in [0, 0.05) is 5.54 Å². The molecule has 94 valence electrons. The van der Waals surface area contributed by atoms with E-state index in [0.29, 0.717) is 11.7 Å².